The third-order valence-electron chi connectivity index (χ3n) is 6.44. The van der Waals surface area contributed by atoms with Gasteiger partial charge in [0.2, 0.25) is 0 Å². The molecule has 0 radical (unpaired) electrons. The summed E-state index contributed by atoms with van der Waals surface area (Å²) >= 11 is 0. The maximum Gasteiger partial charge on any atom is 0.191 e. The average Bonchev–Trinajstić information content (AvgIpc) is 2.78. The van der Waals surface area contributed by atoms with Crippen LogP contribution in [-0.4, -0.2) is 56.2 Å². The molecule has 168 valence electrons. The first-order valence-electron chi connectivity index (χ1n) is 12.1. The zero-order valence-corrected chi connectivity index (χ0v) is 19.3. The molecule has 0 bridgehead atoms. The minimum absolute atomic E-state index is 0.160. The van der Waals surface area contributed by atoms with E-state index in [0.29, 0.717) is 12.0 Å². The Bertz CT molecular complexity index is 637. The molecule has 1 aromatic rings. The third kappa shape index (κ3) is 6.98. The molecule has 3 rings (SSSR count). The van der Waals surface area contributed by atoms with Crippen molar-refractivity contribution in [3.63, 3.8) is 0 Å². The van der Waals surface area contributed by atoms with Gasteiger partial charge in [-0.1, -0.05) is 43.2 Å². The molecule has 5 nitrogen and oxygen atoms in total. The Morgan fingerprint density at radius 3 is 2.60 bits per heavy atom. The fourth-order valence-electron chi connectivity index (χ4n) is 4.56. The number of hydrogen-bond donors (Lipinski definition) is 2. The van der Waals surface area contributed by atoms with E-state index in [2.05, 4.69) is 60.6 Å². The fourth-order valence-corrected chi connectivity index (χ4v) is 4.56. The monoisotopic (exact) mass is 414 g/mol. The number of hydrogen-bond acceptors (Lipinski definition) is 3. The number of guanidine groups is 1. The Hall–Kier alpha value is -1.59. The van der Waals surface area contributed by atoms with Crippen molar-refractivity contribution in [2.45, 2.75) is 71.4 Å². The van der Waals surface area contributed by atoms with Crippen molar-refractivity contribution in [3.05, 3.63) is 35.4 Å². The minimum atomic E-state index is 0.160. The summed E-state index contributed by atoms with van der Waals surface area (Å²) in [6, 6.07) is 9.34. The van der Waals surface area contributed by atoms with Crippen molar-refractivity contribution in [2.24, 2.45) is 10.9 Å². The summed E-state index contributed by atoms with van der Waals surface area (Å²) in [5.74, 6) is 1.41. The van der Waals surface area contributed by atoms with Crippen molar-refractivity contribution < 1.29 is 4.74 Å². The zero-order valence-electron chi connectivity index (χ0n) is 19.3. The number of unbranched alkanes of at least 4 members (excludes halogenated alkanes) is 1. The van der Waals surface area contributed by atoms with Crippen LogP contribution >= 0.6 is 0 Å². The molecular formula is C25H42N4O. The van der Waals surface area contributed by atoms with Gasteiger partial charge in [0.25, 0.3) is 0 Å². The Labute approximate surface area is 183 Å². The number of piperidine rings is 1. The molecule has 2 fully saturated rings. The third-order valence-corrected chi connectivity index (χ3v) is 6.44. The van der Waals surface area contributed by atoms with Gasteiger partial charge >= 0.3 is 0 Å². The van der Waals surface area contributed by atoms with E-state index in [-0.39, 0.29) is 6.10 Å². The van der Waals surface area contributed by atoms with Crippen molar-refractivity contribution in [2.75, 3.05) is 39.3 Å². The van der Waals surface area contributed by atoms with E-state index < -0.39 is 0 Å². The summed E-state index contributed by atoms with van der Waals surface area (Å²) in [7, 11) is 0. The summed E-state index contributed by atoms with van der Waals surface area (Å²) in [4.78, 5) is 7.60. The van der Waals surface area contributed by atoms with Crippen molar-refractivity contribution in [3.8, 4) is 0 Å². The molecule has 2 atom stereocenters. The summed E-state index contributed by atoms with van der Waals surface area (Å²) in [6.45, 7) is 12.7. The molecule has 2 N–H and O–H groups in total. The fraction of sp³-hybridized carbons (Fsp3) is 0.720. The van der Waals surface area contributed by atoms with E-state index in [1.165, 1.54) is 62.9 Å². The molecule has 2 aliphatic rings. The van der Waals surface area contributed by atoms with Gasteiger partial charge in [-0.05, 0) is 58.1 Å². The molecule has 2 saturated heterocycles. The molecule has 0 amide bonds. The van der Waals surface area contributed by atoms with Gasteiger partial charge in [-0.2, -0.15) is 0 Å². The highest BCUT2D eigenvalue weighted by Crippen LogP contribution is 2.34. The Balaban J connectivity index is 1.56. The Morgan fingerprint density at radius 1 is 1.13 bits per heavy atom. The van der Waals surface area contributed by atoms with Crippen LogP contribution in [0.5, 0.6) is 0 Å². The second kappa shape index (κ2) is 12.3. The average molecular weight is 415 g/mol. The molecule has 0 aliphatic carbocycles. The van der Waals surface area contributed by atoms with Crippen LogP contribution in [0.1, 0.15) is 69.6 Å². The molecule has 30 heavy (non-hydrogen) atoms. The van der Waals surface area contributed by atoms with Crippen LogP contribution in [0.4, 0.5) is 0 Å². The first-order valence-corrected chi connectivity index (χ1v) is 12.1. The van der Waals surface area contributed by atoms with Gasteiger partial charge in [0, 0.05) is 44.7 Å². The van der Waals surface area contributed by atoms with E-state index in [9.17, 15) is 0 Å². The van der Waals surface area contributed by atoms with Crippen LogP contribution in [0.2, 0.25) is 0 Å². The maximum absolute atomic E-state index is 6.19. The van der Waals surface area contributed by atoms with E-state index in [1.807, 2.05) is 0 Å². The first kappa shape index (κ1) is 23.1. The minimum Gasteiger partial charge on any atom is -0.373 e. The van der Waals surface area contributed by atoms with Gasteiger partial charge in [0.05, 0.1) is 6.10 Å². The van der Waals surface area contributed by atoms with E-state index in [1.54, 1.807) is 0 Å². The number of aliphatic imine (C=N–C) groups is 1. The summed E-state index contributed by atoms with van der Waals surface area (Å²) in [6.07, 6.45) is 7.46. The number of ether oxygens (including phenoxy) is 1. The molecule has 2 aliphatic heterocycles. The van der Waals surface area contributed by atoms with Crippen LogP contribution in [0.25, 0.3) is 0 Å². The topological polar surface area (TPSA) is 48.9 Å². The number of nitrogens with one attached hydrogen (secondary N) is 2. The van der Waals surface area contributed by atoms with Crippen LogP contribution in [0.15, 0.2) is 29.3 Å². The highest BCUT2D eigenvalue weighted by Gasteiger charge is 2.27. The summed E-state index contributed by atoms with van der Waals surface area (Å²) in [5, 5.41) is 7.17. The normalized spacial score (nSPS) is 24.0. The molecule has 0 saturated carbocycles. The lowest BCUT2D eigenvalue weighted by Gasteiger charge is -2.33. The van der Waals surface area contributed by atoms with Gasteiger partial charge in [-0.25, -0.2) is 0 Å². The van der Waals surface area contributed by atoms with Crippen LogP contribution < -0.4 is 10.6 Å². The van der Waals surface area contributed by atoms with Crippen LogP contribution in [-0.2, 0) is 4.74 Å². The highest BCUT2D eigenvalue weighted by molar-refractivity contribution is 5.80. The second-order valence-electron chi connectivity index (χ2n) is 8.94. The number of benzene rings is 1. The maximum atomic E-state index is 6.19. The number of aryl methyl sites for hydroxylation is 1. The molecular weight excluding hydrogens is 372 g/mol. The number of rotatable bonds is 8. The lowest BCUT2D eigenvalue weighted by atomic mass is 9.89. The van der Waals surface area contributed by atoms with Gasteiger partial charge in [0.1, 0.15) is 0 Å². The molecule has 0 aromatic heterocycles. The highest BCUT2D eigenvalue weighted by atomic mass is 16.5. The molecule has 1 aromatic carbocycles. The lowest BCUT2D eigenvalue weighted by molar-refractivity contribution is -0.0250. The van der Waals surface area contributed by atoms with E-state index in [0.717, 1.165) is 32.1 Å². The number of nitrogens with zero attached hydrogens (tertiary/aromatic N) is 2. The molecule has 2 unspecified atom stereocenters. The Morgan fingerprint density at radius 2 is 1.90 bits per heavy atom. The van der Waals surface area contributed by atoms with Gasteiger partial charge in [-0.3, -0.25) is 4.99 Å². The standard InChI is InChI=1S/C25H42N4O/c1-4-6-15-29-16-13-23(14-17-29)28-25(26-5-2)27-19-22-8-7-18-30-24(22)21-11-9-20(3)10-12-21/h9-12,22-24H,4-8,13-19H2,1-3H3,(H2,26,27,28). The van der Waals surface area contributed by atoms with Crippen molar-refractivity contribution in [1.29, 1.82) is 0 Å². The predicted molar refractivity (Wildman–Crippen MR) is 126 cm³/mol. The van der Waals surface area contributed by atoms with Crippen LogP contribution in [0.3, 0.4) is 0 Å². The SMILES string of the molecule is CCCCN1CCC(NC(=NCC2CCCOC2c2ccc(C)cc2)NCC)CC1. The summed E-state index contributed by atoms with van der Waals surface area (Å²) in [5.41, 5.74) is 2.58. The molecule has 2 heterocycles. The first-order chi connectivity index (χ1) is 14.7. The zero-order chi connectivity index (χ0) is 21.2. The smallest absolute Gasteiger partial charge is 0.191 e. The summed E-state index contributed by atoms with van der Waals surface area (Å²) < 4.78 is 6.19. The largest absolute Gasteiger partial charge is 0.373 e. The van der Waals surface area contributed by atoms with Gasteiger partial charge in [0.15, 0.2) is 5.96 Å². The van der Waals surface area contributed by atoms with Crippen molar-refractivity contribution in [1.82, 2.24) is 15.5 Å². The van der Waals surface area contributed by atoms with Gasteiger partial charge in [-0.15, -0.1) is 0 Å². The molecule has 5 heteroatoms. The van der Waals surface area contributed by atoms with E-state index in [4.69, 9.17) is 9.73 Å². The van der Waals surface area contributed by atoms with Gasteiger partial charge < -0.3 is 20.3 Å². The predicted octanol–water partition coefficient (Wildman–Crippen LogP) is 4.28. The Kier molecular flexibility index (Phi) is 9.47. The molecule has 0 spiro atoms. The van der Waals surface area contributed by atoms with Crippen molar-refractivity contribution >= 4 is 5.96 Å². The lowest BCUT2D eigenvalue weighted by Crippen LogP contribution is -2.49. The van der Waals surface area contributed by atoms with Crippen LogP contribution in [0, 0.1) is 12.8 Å². The second-order valence-corrected chi connectivity index (χ2v) is 8.94. The number of likely N-dealkylation sites (tertiary alicyclic amines) is 1. The quantitative estimate of drug-likeness (QED) is 0.492. The van der Waals surface area contributed by atoms with E-state index >= 15 is 0 Å².